The number of aliphatic imine (C=N–C) groups is 1. The number of fused-ring (bicyclic) bond motifs is 2. The van der Waals surface area contributed by atoms with Crippen molar-refractivity contribution in [2.45, 2.75) is 13.0 Å². The molecule has 1 unspecified atom stereocenters. The third-order valence-corrected chi connectivity index (χ3v) is 5.73. The number of para-hydroxylation sites is 3. The lowest BCUT2D eigenvalue weighted by Gasteiger charge is -2.41. The molecular formula is C25H22FN3O2. The van der Waals surface area contributed by atoms with E-state index in [2.05, 4.69) is 4.90 Å². The fourth-order valence-corrected chi connectivity index (χ4v) is 4.15. The van der Waals surface area contributed by atoms with Crippen LogP contribution in [0.5, 0.6) is 11.5 Å². The van der Waals surface area contributed by atoms with Crippen molar-refractivity contribution in [3.63, 3.8) is 0 Å². The van der Waals surface area contributed by atoms with Gasteiger partial charge in [0, 0.05) is 25.7 Å². The topological polar surface area (TPSA) is 45.1 Å². The van der Waals surface area contributed by atoms with Crippen LogP contribution in [0.3, 0.4) is 0 Å². The summed E-state index contributed by atoms with van der Waals surface area (Å²) in [6.07, 6.45) is 0. The Morgan fingerprint density at radius 2 is 1.68 bits per heavy atom. The van der Waals surface area contributed by atoms with E-state index >= 15 is 0 Å². The minimum Gasteiger partial charge on any atom is -0.454 e. The van der Waals surface area contributed by atoms with Gasteiger partial charge in [-0.05, 0) is 43.3 Å². The predicted octanol–water partition coefficient (Wildman–Crippen LogP) is 4.86. The first-order valence-corrected chi connectivity index (χ1v) is 10.4. The van der Waals surface area contributed by atoms with Crippen molar-refractivity contribution in [1.82, 2.24) is 9.80 Å². The van der Waals surface area contributed by atoms with Crippen LogP contribution in [0, 0.1) is 5.82 Å². The van der Waals surface area contributed by atoms with Gasteiger partial charge in [0.05, 0.1) is 11.1 Å². The Labute approximate surface area is 180 Å². The van der Waals surface area contributed by atoms with Crippen LogP contribution in [-0.2, 0) is 0 Å². The number of piperazine rings is 1. The van der Waals surface area contributed by atoms with Crippen LogP contribution >= 0.6 is 0 Å². The number of benzene rings is 3. The zero-order valence-corrected chi connectivity index (χ0v) is 17.2. The maximum absolute atomic E-state index is 14.1. The second-order valence-electron chi connectivity index (χ2n) is 7.77. The predicted molar refractivity (Wildman–Crippen MR) is 118 cm³/mol. The van der Waals surface area contributed by atoms with Gasteiger partial charge in [0.15, 0.2) is 5.75 Å². The van der Waals surface area contributed by atoms with Crippen LogP contribution in [-0.4, -0.2) is 47.2 Å². The minimum absolute atomic E-state index is 0.102. The zero-order chi connectivity index (χ0) is 21.4. The molecule has 31 heavy (non-hydrogen) atoms. The first-order chi connectivity index (χ1) is 15.1. The Morgan fingerprint density at radius 1 is 0.968 bits per heavy atom. The van der Waals surface area contributed by atoms with E-state index < -0.39 is 5.82 Å². The number of hydrogen-bond donors (Lipinski definition) is 0. The third kappa shape index (κ3) is 3.54. The highest BCUT2D eigenvalue weighted by atomic mass is 19.1. The average molecular weight is 415 g/mol. The maximum Gasteiger partial charge on any atom is 0.257 e. The molecule has 1 amide bonds. The van der Waals surface area contributed by atoms with Crippen molar-refractivity contribution in [2.24, 2.45) is 4.99 Å². The molecule has 0 spiro atoms. The SMILES string of the molecule is CC1CN(C2=Nc3ccccc3Oc3ccccc32)CCN1C(=O)c1ccccc1F. The van der Waals surface area contributed by atoms with Gasteiger partial charge in [-0.2, -0.15) is 0 Å². The quantitative estimate of drug-likeness (QED) is 0.570. The van der Waals surface area contributed by atoms with E-state index in [0.29, 0.717) is 25.4 Å². The summed E-state index contributed by atoms with van der Waals surface area (Å²) in [4.78, 5) is 21.8. The molecule has 5 nitrogen and oxygen atoms in total. The zero-order valence-electron chi connectivity index (χ0n) is 17.2. The molecule has 0 saturated carbocycles. The van der Waals surface area contributed by atoms with Crippen molar-refractivity contribution < 1.29 is 13.9 Å². The fourth-order valence-electron chi connectivity index (χ4n) is 4.15. The Balaban J connectivity index is 1.45. The monoisotopic (exact) mass is 415 g/mol. The van der Waals surface area contributed by atoms with Crippen LogP contribution in [0.4, 0.5) is 10.1 Å². The lowest BCUT2D eigenvalue weighted by atomic mass is 10.1. The maximum atomic E-state index is 14.1. The molecule has 0 aliphatic carbocycles. The Kier molecular flexibility index (Phi) is 4.90. The van der Waals surface area contributed by atoms with Gasteiger partial charge in [-0.15, -0.1) is 0 Å². The summed E-state index contributed by atoms with van der Waals surface area (Å²) < 4.78 is 20.3. The van der Waals surface area contributed by atoms with E-state index in [0.717, 1.165) is 22.8 Å². The fraction of sp³-hybridized carbons (Fsp3) is 0.200. The van der Waals surface area contributed by atoms with Gasteiger partial charge in [-0.3, -0.25) is 4.79 Å². The molecule has 0 N–H and O–H groups in total. The lowest BCUT2D eigenvalue weighted by Crippen LogP contribution is -2.55. The van der Waals surface area contributed by atoms with Crippen molar-refractivity contribution in [3.05, 3.63) is 89.7 Å². The molecule has 1 atom stereocenters. The molecule has 1 fully saturated rings. The van der Waals surface area contributed by atoms with E-state index in [1.54, 1.807) is 17.0 Å². The van der Waals surface area contributed by atoms with Crippen molar-refractivity contribution in [3.8, 4) is 11.5 Å². The van der Waals surface area contributed by atoms with E-state index in [1.807, 2.05) is 55.5 Å². The molecule has 3 aromatic carbocycles. The molecule has 0 radical (unpaired) electrons. The summed E-state index contributed by atoms with van der Waals surface area (Å²) >= 11 is 0. The number of ether oxygens (including phenoxy) is 1. The van der Waals surface area contributed by atoms with E-state index in [1.165, 1.54) is 12.1 Å². The highest BCUT2D eigenvalue weighted by molar-refractivity contribution is 6.04. The van der Waals surface area contributed by atoms with Gasteiger partial charge in [-0.1, -0.05) is 36.4 Å². The lowest BCUT2D eigenvalue weighted by molar-refractivity contribution is 0.0576. The number of halogens is 1. The van der Waals surface area contributed by atoms with Crippen molar-refractivity contribution >= 4 is 17.4 Å². The van der Waals surface area contributed by atoms with Crippen molar-refractivity contribution in [2.75, 3.05) is 19.6 Å². The molecular weight excluding hydrogens is 393 g/mol. The summed E-state index contributed by atoms with van der Waals surface area (Å²) in [5.41, 5.74) is 1.80. The summed E-state index contributed by atoms with van der Waals surface area (Å²) in [7, 11) is 0. The second-order valence-corrected chi connectivity index (χ2v) is 7.77. The smallest absolute Gasteiger partial charge is 0.257 e. The van der Waals surface area contributed by atoms with E-state index in [9.17, 15) is 9.18 Å². The van der Waals surface area contributed by atoms with Gasteiger partial charge in [0.2, 0.25) is 0 Å². The molecule has 2 aliphatic rings. The molecule has 2 heterocycles. The first-order valence-electron chi connectivity index (χ1n) is 10.4. The summed E-state index contributed by atoms with van der Waals surface area (Å²) in [5.74, 6) is 1.53. The molecule has 5 rings (SSSR count). The third-order valence-electron chi connectivity index (χ3n) is 5.73. The van der Waals surface area contributed by atoms with Gasteiger partial charge in [-0.25, -0.2) is 9.38 Å². The molecule has 0 aromatic heterocycles. The number of carbonyl (C=O) groups excluding carboxylic acids is 1. The number of carbonyl (C=O) groups is 1. The molecule has 0 bridgehead atoms. The largest absolute Gasteiger partial charge is 0.454 e. The summed E-state index contributed by atoms with van der Waals surface area (Å²) in [6, 6.07) is 21.6. The molecule has 6 heteroatoms. The minimum atomic E-state index is -0.488. The molecule has 2 aliphatic heterocycles. The van der Waals surface area contributed by atoms with Gasteiger partial charge < -0.3 is 14.5 Å². The average Bonchev–Trinajstić information content (AvgIpc) is 2.96. The number of nitrogens with zero attached hydrogens (tertiary/aromatic N) is 3. The molecule has 1 saturated heterocycles. The number of rotatable bonds is 1. The molecule has 3 aromatic rings. The highest BCUT2D eigenvalue weighted by Gasteiger charge is 2.32. The van der Waals surface area contributed by atoms with Crippen molar-refractivity contribution in [1.29, 1.82) is 0 Å². The van der Waals surface area contributed by atoms with Gasteiger partial charge >= 0.3 is 0 Å². The van der Waals surface area contributed by atoms with E-state index in [4.69, 9.17) is 9.73 Å². The van der Waals surface area contributed by atoms with Gasteiger partial charge in [0.25, 0.3) is 5.91 Å². The summed E-state index contributed by atoms with van der Waals surface area (Å²) in [5, 5.41) is 0. The number of amidine groups is 1. The first kappa shape index (κ1) is 19.3. The second kappa shape index (κ2) is 7.87. The summed E-state index contributed by atoms with van der Waals surface area (Å²) in [6.45, 7) is 3.66. The van der Waals surface area contributed by atoms with Crippen LogP contribution in [0.25, 0.3) is 0 Å². The Morgan fingerprint density at radius 3 is 2.48 bits per heavy atom. The van der Waals surface area contributed by atoms with E-state index in [-0.39, 0.29) is 17.5 Å². The Bertz CT molecular complexity index is 1180. The molecule has 156 valence electrons. The Hall–Kier alpha value is -3.67. The number of hydrogen-bond acceptors (Lipinski definition) is 4. The number of amides is 1. The highest BCUT2D eigenvalue weighted by Crippen LogP contribution is 2.38. The van der Waals surface area contributed by atoms with Crippen LogP contribution in [0.1, 0.15) is 22.8 Å². The normalized spacial score (nSPS) is 17.7. The standard InChI is InChI=1S/C25H22FN3O2/c1-17-16-28(14-15-29(17)25(30)18-8-2-4-10-20(18)26)24-19-9-3-6-12-22(19)31-23-13-7-5-11-21(23)27-24/h2-13,17H,14-16H2,1H3. The van der Waals surface area contributed by atoms with Crippen LogP contribution in [0.2, 0.25) is 0 Å². The van der Waals surface area contributed by atoms with Crippen LogP contribution in [0.15, 0.2) is 77.8 Å². The van der Waals surface area contributed by atoms with Crippen LogP contribution < -0.4 is 4.74 Å². The van der Waals surface area contributed by atoms with Gasteiger partial charge in [0.1, 0.15) is 23.1 Å².